The second-order valence-electron chi connectivity index (χ2n) is 9.61. The van der Waals surface area contributed by atoms with Gasteiger partial charge in [-0.05, 0) is 55.5 Å². The van der Waals surface area contributed by atoms with E-state index in [2.05, 4.69) is 43.3 Å². The van der Waals surface area contributed by atoms with Crippen LogP contribution in [0.4, 0.5) is 5.69 Å². The highest BCUT2D eigenvalue weighted by Crippen LogP contribution is 2.32. The first-order chi connectivity index (χ1) is 15.3. The Morgan fingerprint density at radius 2 is 1.84 bits per heavy atom. The van der Waals surface area contributed by atoms with Gasteiger partial charge < -0.3 is 10.6 Å². The molecule has 1 aliphatic rings. The van der Waals surface area contributed by atoms with Crippen LogP contribution in [0.5, 0.6) is 0 Å². The minimum atomic E-state index is -0.787. The zero-order valence-corrected chi connectivity index (χ0v) is 19.9. The summed E-state index contributed by atoms with van der Waals surface area (Å²) in [6.45, 7) is 8.53. The molecule has 2 atom stereocenters. The lowest BCUT2D eigenvalue weighted by Crippen LogP contribution is -2.51. The van der Waals surface area contributed by atoms with Gasteiger partial charge in [0, 0.05) is 29.7 Å². The number of hydrogen-bond donors (Lipinski definition) is 2. The Kier molecular flexibility index (Phi) is 7.67. The zero-order chi connectivity index (χ0) is 23.3. The number of aromatic nitrogens is 1. The van der Waals surface area contributed by atoms with Crippen molar-refractivity contribution in [3.05, 3.63) is 59.9 Å². The fourth-order valence-corrected chi connectivity index (χ4v) is 3.84. The molecule has 0 saturated heterocycles. The fraction of sp³-hybridized carbons (Fsp3) is 0.500. The Bertz CT molecular complexity index is 902. The van der Waals surface area contributed by atoms with E-state index in [4.69, 9.17) is 0 Å². The highest BCUT2D eigenvalue weighted by Gasteiger charge is 2.37. The van der Waals surface area contributed by atoms with Crippen molar-refractivity contribution in [2.75, 3.05) is 11.9 Å². The first kappa shape index (κ1) is 23.9. The molecule has 0 aliphatic heterocycles. The molecule has 1 fully saturated rings. The highest BCUT2D eigenvalue weighted by molar-refractivity contribution is 6.03. The first-order valence-corrected chi connectivity index (χ1v) is 11.6. The number of anilines is 1. The van der Waals surface area contributed by atoms with E-state index in [0.29, 0.717) is 17.7 Å². The molecule has 2 unspecified atom stereocenters. The Labute approximate surface area is 191 Å². The lowest BCUT2D eigenvalue weighted by Gasteiger charge is -2.34. The van der Waals surface area contributed by atoms with E-state index in [0.717, 1.165) is 19.3 Å². The minimum Gasteiger partial charge on any atom is -0.351 e. The molecule has 1 aromatic heterocycles. The number of nitrogens with one attached hydrogen (secondary N) is 2. The average Bonchev–Trinajstić information content (AvgIpc) is 3.59. The van der Waals surface area contributed by atoms with Crippen LogP contribution < -0.4 is 15.5 Å². The third kappa shape index (κ3) is 5.74. The summed E-state index contributed by atoms with van der Waals surface area (Å²) < 4.78 is 0. The lowest BCUT2D eigenvalue weighted by molar-refractivity contribution is -0.127. The van der Waals surface area contributed by atoms with Crippen molar-refractivity contribution in [1.82, 2.24) is 15.6 Å². The van der Waals surface area contributed by atoms with Gasteiger partial charge in [0.05, 0.1) is 6.04 Å². The van der Waals surface area contributed by atoms with Crippen molar-refractivity contribution in [3.63, 3.8) is 0 Å². The van der Waals surface area contributed by atoms with Crippen molar-refractivity contribution < 1.29 is 9.59 Å². The van der Waals surface area contributed by atoms with Crippen molar-refractivity contribution >= 4 is 17.5 Å². The van der Waals surface area contributed by atoms with E-state index in [1.54, 1.807) is 30.4 Å². The molecule has 3 rings (SSSR count). The zero-order valence-electron chi connectivity index (χ0n) is 19.9. The van der Waals surface area contributed by atoms with E-state index in [-0.39, 0.29) is 29.3 Å². The van der Waals surface area contributed by atoms with Gasteiger partial charge in [-0.1, -0.05) is 52.3 Å². The summed E-state index contributed by atoms with van der Waals surface area (Å²) in [5.41, 5.74) is 2.58. The monoisotopic (exact) mass is 436 g/mol. The van der Waals surface area contributed by atoms with Crippen molar-refractivity contribution in [2.45, 2.75) is 76.9 Å². The topological polar surface area (TPSA) is 74.3 Å². The maximum atomic E-state index is 13.8. The van der Waals surface area contributed by atoms with Gasteiger partial charge in [-0.15, -0.1) is 0 Å². The van der Waals surface area contributed by atoms with Crippen LogP contribution >= 0.6 is 0 Å². The number of carbonyl (C=O) groups excluding carboxylic acids is 2. The first-order valence-electron chi connectivity index (χ1n) is 11.6. The maximum absolute atomic E-state index is 13.8. The molecule has 2 amide bonds. The predicted octanol–water partition coefficient (Wildman–Crippen LogP) is 4.12. The van der Waals surface area contributed by atoms with Crippen LogP contribution in [0.25, 0.3) is 0 Å². The van der Waals surface area contributed by atoms with Crippen LogP contribution in [0.1, 0.15) is 70.5 Å². The van der Waals surface area contributed by atoms with E-state index in [1.807, 2.05) is 30.3 Å². The Morgan fingerprint density at radius 3 is 2.34 bits per heavy atom. The molecule has 1 aromatic carbocycles. The molecular formula is C26H36N4O2. The number of pyridine rings is 1. The summed E-state index contributed by atoms with van der Waals surface area (Å²) in [6, 6.07) is 10.7. The second-order valence-corrected chi connectivity index (χ2v) is 9.61. The Hall–Kier alpha value is -2.73. The summed E-state index contributed by atoms with van der Waals surface area (Å²) in [7, 11) is 1.79. The van der Waals surface area contributed by atoms with Gasteiger partial charge in [-0.25, -0.2) is 0 Å². The van der Waals surface area contributed by atoms with Gasteiger partial charge >= 0.3 is 0 Å². The quantitative estimate of drug-likeness (QED) is 0.620. The highest BCUT2D eigenvalue weighted by atomic mass is 16.2. The van der Waals surface area contributed by atoms with Crippen LogP contribution in [0.15, 0.2) is 48.8 Å². The Balaban J connectivity index is 2.09. The number of hydrogen-bond acceptors (Lipinski definition) is 4. The molecule has 32 heavy (non-hydrogen) atoms. The summed E-state index contributed by atoms with van der Waals surface area (Å²) in [5, 5.41) is 6.25. The molecule has 1 heterocycles. The van der Waals surface area contributed by atoms with Crippen molar-refractivity contribution in [2.24, 2.45) is 0 Å². The van der Waals surface area contributed by atoms with Gasteiger partial charge in [0.15, 0.2) is 0 Å². The van der Waals surface area contributed by atoms with E-state index in [1.165, 1.54) is 5.56 Å². The summed E-state index contributed by atoms with van der Waals surface area (Å²) in [4.78, 5) is 33.2. The van der Waals surface area contributed by atoms with E-state index < -0.39 is 6.04 Å². The summed E-state index contributed by atoms with van der Waals surface area (Å²) in [6.07, 6.45) is 6.87. The standard InChI is InChI=1S/C26H36N4O2/c1-6-8-22(27-5)25(32)30(21-14-10-19(11-15-21)26(2,3)4)23(18-9-7-16-28-17-18)24(31)29-20-12-13-20/h7,9-11,14-17,20,22-23,27H,6,8,12-13H2,1-5H3,(H,29,31). The number of likely N-dealkylation sites (N-methyl/N-ethyl adjacent to an activating group) is 1. The van der Waals surface area contributed by atoms with Crippen LogP contribution in [-0.4, -0.2) is 35.9 Å². The molecule has 2 aromatic rings. The molecule has 2 N–H and O–H groups in total. The predicted molar refractivity (Wildman–Crippen MR) is 129 cm³/mol. The second kappa shape index (κ2) is 10.3. The van der Waals surface area contributed by atoms with Gasteiger partial charge in [0.25, 0.3) is 0 Å². The van der Waals surface area contributed by atoms with Crippen LogP contribution in [0, 0.1) is 0 Å². The molecule has 0 bridgehead atoms. The molecule has 172 valence electrons. The smallest absolute Gasteiger partial charge is 0.248 e. The molecule has 6 nitrogen and oxygen atoms in total. The molecule has 0 radical (unpaired) electrons. The van der Waals surface area contributed by atoms with Crippen LogP contribution in [0.2, 0.25) is 0 Å². The normalized spacial score (nSPS) is 15.7. The van der Waals surface area contributed by atoms with Crippen LogP contribution in [-0.2, 0) is 15.0 Å². The Morgan fingerprint density at radius 1 is 1.16 bits per heavy atom. The van der Waals surface area contributed by atoms with Gasteiger partial charge in [0.1, 0.15) is 6.04 Å². The molecular weight excluding hydrogens is 400 g/mol. The van der Waals surface area contributed by atoms with Gasteiger partial charge in [-0.2, -0.15) is 0 Å². The number of benzene rings is 1. The largest absolute Gasteiger partial charge is 0.351 e. The SMILES string of the molecule is CCCC(NC)C(=O)N(c1ccc(C(C)(C)C)cc1)C(C(=O)NC1CC1)c1cccnc1. The van der Waals surface area contributed by atoms with E-state index in [9.17, 15) is 9.59 Å². The summed E-state index contributed by atoms with van der Waals surface area (Å²) >= 11 is 0. The number of rotatable bonds is 9. The van der Waals surface area contributed by atoms with Crippen molar-refractivity contribution in [3.8, 4) is 0 Å². The number of nitrogens with zero attached hydrogens (tertiary/aromatic N) is 2. The number of amides is 2. The van der Waals surface area contributed by atoms with Gasteiger partial charge in [0.2, 0.25) is 11.8 Å². The van der Waals surface area contributed by atoms with Crippen LogP contribution in [0.3, 0.4) is 0 Å². The molecule has 0 spiro atoms. The third-order valence-electron chi connectivity index (χ3n) is 5.90. The number of carbonyl (C=O) groups is 2. The maximum Gasteiger partial charge on any atom is 0.248 e. The molecule has 1 saturated carbocycles. The minimum absolute atomic E-state index is 0.00477. The van der Waals surface area contributed by atoms with Gasteiger partial charge in [-0.3, -0.25) is 19.5 Å². The molecule has 6 heteroatoms. The van der Waals surface area contributed by atoms with E-state index >= 15 is 0 Å². The van der Waals surface area contributed by atoms with Crippen molar-refractivity contribution in [1.29, 1.82) is 0 Å². The molecule has 1 aliphatic carbocycles. The average molecular weight is 437 g/mol. The third-order valence-corrected chi connectivity index (χ3v) is 5.90. The summed E-state index contributed by atoms with van der Waals surface area (Å²) in [5.74, 6) is -0.280. The lowest BCUT2D eigenvalue weighted by atomic mass is 9.87. The fourth-order valence-electron chi connectivity index (χ4n) is 3.84.